The van der Waals surface area contributed by atoms with E-state index in [1.54, 1.807) is 0 Å². The summed E-state index contributed by atoms with van der Waals surface area (Å²) in [5.41, 5.74) is 0. The maximum atomic E-state index is 9.07. The first-order valence-corrected chi connectivity index (χ1v) is 8.70. The summed E-state index contributed by atoms with van der Waals surface area (Å²) in [5, 5.41) is 12.8. The van der Waals surface area contributed by atoms with Crippen molar-refractivity contribution in [2.45, 2.75) is 32.2 Å². The molecule has 5 nitrogen and oxygen atoms in total. The molecular weight excluding hydrogens is 266 g/mol. The summed E-state index contributed by atoms with van der Waals surface area (Å²) in [7, 11) is 0. The van der Waals surface area contributed by atoms with Crippen molar-refractivity contribution in [3.8, 4) is 0 Å². The van der Waals surface area contributed by atoms with Gasteiger partial charge in [0.1, 0.15) is 0 Å². The summed E-state index contributed by atoms with van der Waals surface area (Å²) in [6, 6.07) is 0.621. The van der Waals surface area contributed by atoms with Crippen LogP contribution in [0.2, 0.25) is 0 Å². The lowest BCUT2D eigenvalue weighted by Crippen LogP contribution is -2.48. The van der Waals surface area contributed by atoms with Gasteiger partial charge in [0, 0.05) is 44.7 Å². The Labute approximate surface area is 129 Å². The molecule has 0 amide bonds. The van der Waals surface area contributed by atoms with E-state index in [0.717, 1.165) is 58.9 Å². The van der Waals surface area contributed by atoms with E-state index >= 15 is 0 Å². The number of rotatable bonds is 7. The van der Waals surface area contributed by atoms with Crippen molar-refractivity contribution in [1.29, 1.82) is 0 Å². The van der Waals surface area contributed by atoms with Crippen LogP contribution >= 0.6 is 0 Å². The number of hydrogen-bond donors (Lipinski definition) is 2. The highest BCUT2D eigenvalue weighted by Crippen LogP contribution is 2.17. The average molecular weight is 299 g/mol. The van der Waals surface area contributed by atoms with Gasteiger partial charge in [-0.3, -0.25) is 4.90 Å². The first kappa shape index (κ1) is 17.2. The van der Waals surface area contributed by atoms with Gasteiger partial charge in [-0.25, -0.2) is 0 Å². The van der Waals surface area contributed by atoms with Crippen molar-refractivity contribution in [3.63, 3.8) is 0 Å². The molecule has 2 fully saturated rings. The molecule has 2 N–H and O–H groups in total. The Morgan fingerprint density at radius 2 is 2.00 bits per heavy atom. The van der Waals surface area contributed by atoms with Gasteiger partial charge in [-0.05, 0) is 38.9 Å². The van der Waals surface area contributed by atoms with E-state index in [-0.39, 0.29) is 6.61 Å². The van der Waals surface area contributed by atoms with Crippen molar-refractivity contribution in [2.24, 2.45) is 5.92 Å². The highest BCUT2D eigenvalue weighted by Gasteiger charge is 2.27. The van der Waals surface area contributed by atoms with E-state index in [1.165, 1.54) is 19.4 Å². The van der Waals surface area contributed by atoms with Crippen LogP contribution in [0.4, 0.5) is 0 Å². The lowest BCUT2D eigenvalue weighted by atomic mass is 9.95. The third-order valence-electron chi connectivity index (χ3n) is 4.72. The fraction of sp³-hybridized carbons (Fsp3) is 1.00. The molecule has 2 aliphatic heterocycles. The minimum Gasteiger partial charge on any atom is -0.395 e. The second kappa shape index (κ2) is 9.74. The van der Waals surface area contributed by atoms with Crippen molar-refractivity contribution in [3.05, 3.63) is 0 Å². The van der Waals surface area contributed by atoms with E-state index in [1.807, 2.05) is 0 Å². The van der Waals surface area contributed by atoms with Crippen LogP contribution in [0.1, 0.15) is 26.2 Å². The summed E-state index contributed by atoms with van der Waals surface area (Å²) in [4.78, 5) is 4.97. The molecule has 0 saturated carbocycles. The van der Waals surface area contributed by atoms with Gasteiger partial charge in [0.05, 0.1) is 13.2 Å². The van der Waals surface area contributed by atoms with Crippen LogP contribution in [0.5, 0.6) is 0 Å². The second-order valence-corrected chi connectivity index (χ2v) is 6.40. The smallest absolute Gasteiger partial charge is 0.0558 e. The van der Waals surface area contributed by atoms with Gasteiger partial charge >= 0.3 is 0 Å². The number of β-amino-alcohol motifs (C(OH)–C–C–N with tert-alkyl or cyclic N) is 1. The third-order valence-corrected chi connectivity index (χ3v) is 4.72. The van der Waals surface area contributed by atoms with Crippen molar-refractivity contribution in [2.75, 3.05) is 65.6 Å². The summed E-state index contributed by atoms with van der Waals surface area (Å²) >= 11 is 0. The lowest BCUT2D eigenvalue weighted by Gasteiger charge is -2.35. The minimum atomic E-state index is 0.277. The standard InChI is InChI=1S/C16H33N3O2/c1-2-5-17-16-4-12-21-14-15(16)13-19-7-3-6-18(8-9-19)10-11-20/h15-17,20H,2-14H2,1H3. The Balaban J connectivity index is 1.78. The number of nitrogens with one attached hydrogen (secondary N) is 1. The van der Waals surface area contributed by atoms with E-state index in [2.05, 4.69) is 22.0 Å². The zero-order valence-corrected chi connectivity index (χ0v) is 13.6. The number of ether oxygens (including phenoxy) is 1. The first-order chi connectivity index (χ1) is 10.3. The van der Waals surface area contributed by atoms with E-state index < -0.39 is 0 Å². The Hall–Kier alpha value is -0.200. The van der Waals surface area contributed by atoms with Crippen LogP contribution in [-0.2, 0) is 4.74 Å². The van der Waals surface area contributed by atoms with Crippen molar-refractivity contribution >= 4 is 0 Å². The normalized spacial score (nSPS) is 29.4. The van der Waals surface area contributed by atoms with Gasteiger partial charge in [0.25, 0.3) is 0 Å². The van der Waals surface area contributed by atoms with Gasteiger partial charge in [-0.15, -0.1) is 0 Å². The summed E-state index contributed by atoms with van der Waals surface area (Å²) < 4.78 is 5.71. The molecule has 0 aromatic heterocycles. The van der Waals surface area contributed by atoms with Crippen LogP contribution in [0.15, 0.2) is 0 Å². The largest absolute Gasteiger partial charge is 0.395 e. The zero-order valence-electron chi connectivity index (χ0n) is 13.6. The monoisotopic (exact) mass is 299 g/mol. The molecule has 2 heterocycles. The Morgan fingerprint density at radius 1 is 1.19 bits per heavy atom. The molecule has 0 aromatic carbocycles. The van der Waals surface area contributed by atoms with Gasteiger partial charge in [0.2, 0.25) is 0 Å². The van der Waals surface area contributed by atoms with Gasteiger partial charge in [-0.1, -0.05) is 6.92 Å². The number of hydrogen-bond acceptors (Lipinski definition) is 5. The maximum Gasteiger partial charge on any atom is 0.0558 e. The summed E-state index contributed by atoms with van der Waals surface area (Å²) in [6.07, 6.45) is 3.56. The molecule has 0 aliphatic carbocycles. The van der Waals surface area contributed by atoms with Crippen molar-refractivity contribution in [1.82, 2.24) is 15.1 Å². The number of nitrogens with zero attached hydrogens (tertiary/aromatic N) is 2. The van der Waals surface area contributed by atoms with Gasteiger partial charge < -0.3 is 20.1 Å². The molecule has 2 rings (SSSR count). The SMILES string of the molecule is CCCNC1CCOCC1CN1CCCN(CCO)CC1. The lowest BCUT2D eigenvalue weighted by molar-refractivity contribution is 0.0170. The molecule has 5 heteroatoms. The van der Waals surface area contributed by atoms with Crippen LogP contribution in [0.3, 0.4) is 0 Å². The average Bonchev–Trinajstić information content (AvgIpc) is 2.72. The molecule has 21 heavy (non-hydrogen) atoms. The molecule has 2 aliphatic rings. The predicted octanol–water partition coefficient (Wildman–Crippen LogP) is 0.391. The molecule has 2 unspecified atom stereocenters. The summed E-state index contributed by atoms with van der Waals surface area (Å²) in [5.74, 6) is 0.620. The van der Waals surface area contributed by atoms with Crippen LogP contribution in [-0.4, -0.2) is 86.6 Å². The topological polar surface area (TPSA) is 48.0 Å². The summed E-state index contributed by atoms with van der Waals surface area (Å²) in [6.45, 7) is 11.9. The quantitative estimate of drug-likeness (QED) is 0.712. The molecule has 0 aromatic rings. The van der Waals surface area contributed by atoms with E-state index in [4.69, 9.17) is 9.84 Å². The third kappa shape index (κ3) is 5.83. The molecule has 0 spiro atoms. The maximum absolute atomic E-state index is 9.07. The zero-order chi connectivity index (χ0) is 14.9. The number of aliphatic hydroxyl groups is 1. The fourth-order valence-corrected chi connectivity index (χ4v) is 3.48. The molecule has 124 valence electrons. The van der Waals surface area contributed by atoms with Gasteiger partial charge in [0.15, 0.2) is 0 Å². The minimum absolute atomic E-state index is 0.277. The molecule has 0 radical (unpaired) electrons. The van der Waals surface area contributed by atoms with E-state index in [0.29, 0.717) is 12.0 Å². The molecule has 0 bridgehead atoms. The predicted molar refractivity (Wildman–Crippen MR) is 85.6 cm³/mol. The molecular formula is C16H33N3O2. The Bertz CT molecular complexity index is 278. The highest BCUT2D eigenvalue weighted by atomic mass is 16.5. The van der Waals surface area contributed by atoms with Crippen molar-refractivity contribution < 1.29 is 9.84 Å². The fourth-order valence-electron chi connectivity index (χ4n) is 3.48. The van der Waals surface area contributed by atoms with Crippen LogP contribution in [0, 0.1) is 5.92 Å². The van der Waals surface area contributed by atoms with Crippen LogP contribution < -0.4 is 5.32 Å². The Morgan fingerprint density at radius 3 is 2.81 bits per heavy atom. The highest BCUT2D eigenvalue weighted by molar-refractivity contribution is 4.83. The second-order valence-electron chi connectivity index (χ2n) is 6.40. The molecule has 2 atom stereocenters. The number of aliphatic hydroxyl groups excluding tert-OH is 1. The van der Waals surface area contributed by atoms with Gasteiger partial charge in [-0.2, -0.15) is 0 Å². The first-order valence-electron chi connectivity index (χ1n) is 8.70. The van der Waals surface area contributed by atoms with Crippen LogP contribution in [0.25, 0.3) is 0 Å². The Kier molecular flexibility index (Phi) is 7.96. The molecule has 2 saturated heterocycles. The van der Waals surface area contributed by atoms with E-state index in [9.17, 15) is 0 Å².